The Balaban J connectivity index is 1.37. The molecular weight excluding hydrogens is 446 g/mol. The lowest BCUT2D eigenvalue weighted by atomic mass is 10.1. The van der Waals surface area contributed by atoms with Crippen LogP contribution in [0.2, 0.25) is 5.02 Å². The average Bonchev–Trinajstić information content (AvgIpc) is 2.82. The molecule has 3 aromatic carbocycles. The van der Waals surface area contributed by atoms with Crippen LogP contribution >= 0.6 is 23.8 Å². The molecule has 0 aliphatic carbocycles. The molecule has 0 aliphatic rings. The minimum atomic E-state index is -0.453. The number of nitrogens with one attached hydrogen (secondary N) is 3. The highest BCUT2D eigenvalue weighted by molar-refractivity contribution is 7.80. The molecule has 0 radical (unpaired) electrons. The van der Waals surface area contributed by atoms with Crippen molar-refractivity contribution in [2.45, 2.75) is 0 Å². The number of hydrazine groups is 1. The molecule has 6 nitrogen and oxygen atoms in total. The van der Waals surface area contributed by atoms with Gasteiger partial charge in [0.15, 0.2) is 11.7 Å². The quantitative estimate of drug-likeness (QED) is 0.290. The van der Waals surface area contributed by atoms with Gasteiger partial charge in [-0.1, -0.05) is 66.2 Å². The molecule has 162 valence electrons. The molecule has 32 heavy (non-hydrogen) atoms. The van der Waals surface area contributed by atoms with Crippen molar-refractivity contribution in [3.8, 4) is 16.9 Å². The number of amides is 2. The van der Waals surface area contributed by atoms with Crippen LogP contribution in [0.3, 0.4) is 0 Å². The Kier molecular flexibility index (Phi) is 8.36. The Bertz CT molecular complexity index is 1100. The van der Waals surface area contributed by atoms with Gasteiger partial charge >= 0.3 is 0 Å². The topological polar surface area (TPSA) is 79.5 Å². The molecule has 0 aliphatic heterocycles. The zero-order valence-corrected chi connectivity index (χ0v) is 18.5. The lowest BCUT2D eigenvalue weighted by Crippen LogP contribution is -2.49. The van der Waals surface area contributed by atoms with E-state index in [-0.39, 0.29) is 11.7 Å². The molecule has 3 N–H and O–H groups in total. The van der Waals surface area contributed by atoms with Gasteiger partial charge in [0.1, 0.15) is 5.75 Å². The van der Waals surface area contributed by atoms with Crippen LogP contribution in [0, 0.1) is 0 Å². The summed E-state index contributed by atoms with van der Waals surface area (Å²) in [6, 6.07) is 24.4. The Morgan fingerprint density at radius 2 is 1.53 bits per heavy atom. The number of carbonyl (C=O) groups is 2. The smallest absolute Gasteiger partial charge is 0.276 e. The third-order valence-corrected chi connectivity index (χ3v) is 4.64. The molecule has 0 unspecified atom stereocenters. The fourth-order valence-corrected chi connectivity index (χ4v) is 2.89. The van der Waals surface area contributed by atoms with E-state index in [0.717, 1.165) is 16.7 Å². The van der Waals surface area contributed by atoms with Gasteiger partial charge in [0.2, 0.25) is 5.91 Å². The first-order valence-corrected chi connectivity index (χ1v) is 10.4. The summed E-state index contributed by atoms with van der Waals surface area (Å²) in [5.41, 5.74) is 7.78. The van der Waals surface area contributed by atoms with Crippen LogP contribution in [0.5, 0.6) is 5.75 Å². The molecule has 0 saturated carbocycles. The van der Waals surface area contributed by atoms with Crippen molar-refractivity contribution >= 4 is 46.8 Å². The van der Waals surface area contributed by atoms with Crippen LogP contribution in [-0.2, 0) is 9.59 Å². The van der Waals surface area contributed by atoms with Crippen molar-refractivity contribution in [2.75, 3.05) is 6.61 Å². The lowest BCUT2D eigenvalue weighted by Gasteiger charge is -2.11. The van der Waals surface area contributed by atoms with Crippen LogP contribution in [-0.4, -0.2) is 23.5 Å². The second-order valence-corrected chi connectivity index (χ2v) is 7.40. The number of hydrogen-bond donors (Lipinski definition) is 3. The van der Waals surface area contributed by atoms with Gasteiger partial charge in [0.05, 0.1) is 0 Å². The molecule has 8 heteroatoms. The highest BCUT2D eigenvalue weighted by Crippen LogP contribution is 2.21. The van der Waals surface area contributed by atoms with Crippen molar-refractivity contribution in [3.63, 3.8) is 0 Å². The summed E-state index contributed by atoms with van der Waals surface area (Å²) in [5, 5.41) is 2.99. The van der Waals surface area contributed by atoms with Crippen molar-refractivity contribution < 1.29 is 14.3 Å². The molecule has 0 fully saturated rings. The summed E-state index contributed by atoms with van der Waals surface area (Å²) in [6.45, 7) is -0.218. The Hall–Kier alpha value is -3.68. The van der Waals surface area contributed by atoms with E-state index >= 15 is 0 Å². The molecule has 3 aromatic rings. The van der Waals surface area contributed by atoms with Crippen molar-refractivity contribution in [1.82, 2.24) is 16.2 Å². The standard InChI is InChI=1S/C24H20ClN3O3S/c25-20-11-6-17(7-12-20)8-15-22(29)26-24(32)28-27-23(30)16-31-21-13-9-19(10-14-21)18-4-2-1-3-5-18/h1-15H,16H2,(H,27,30)(H2,26,28,29,32)/b15-8+. The minimum Gasteiger partial charge on any atom is -0.484 e. The van der Waals surface area contributed by atoms with Crippen molar-refractivity contribution in [3.05, 3.63) is 95.5 Å². The fourth-order valence-electron chi connectivity index (χ4n) is 2.62. The lowest BCUT2D eigenvalue weighted by molar-refractivity contribution is -0.123. The largest absolute Gasteiger partial charge is 0.484 e. The van der Waals surface area contributed by atoms with Crippen LogP contribution < -0.4 is 20.9 Å². The summed E-state index contributed by atoms with van der Waals surface area (Å²) >= 11 is 10.8. The molecule has 0 heterocycles. The van der Waals surface area contributed by atoms with Crippen LogP contribution in [0.1, 0.15) is 5.56 Å². The first-order chi connectivity index (χ1) is 15.5. The van der Waals surface area contributed by atoms with E-state index in [1.165, 1.54) is 6.08 Å². The third-order valence-electron chi connectivity index (χ3n) is 4.18. The van der Waals surface area contributed by atoms with E-state index in [1.807, 2.05) is 42.5 Å². The maximum atomic E-state index is 11.9. The molecule has 0 bridgehead atoms. The highest BCUT2D eigenvalue weighted by Gasteiger charge is 2.06. The second-order valence-electron chi connectivity index (χ2n) is 6.56. The van der Waals surface area contributed by atoms with Gasteiger partial charge < -0.3 is 4.74 Å². The van der Waals surface area contributed by atoms with E-state index in [4.69, 9.17) is 28.6 Å². The van der Waals surface area contributed by atoms with Gasteiger partial charge in [0, 0.05) is 11.1 Å². The van der Waals surface area contributed by atoms with Gasteiger partial charge in [-0.05, 0) is 59.2 Å². The van der Waals surface area contributed by atoms with Crippen molar-refractivity contribution in [1.29, 1.82) is 0 Å². The number of carbonyl (C=O) groups excluding carboxylic acids is 2. The third kappa shape index (κ3) is 7.54. The Morgan fingerprint density at radius 3 is 2.22 bits per heavy atom. The van der Waals surface area contributed by atoms with Crippen molar-refractivity contribution in [2.24, 2.45) is 0 Å². The van der Waals surface area contributed by atoms with Gasteiger partial charge in [-0.15, -0.1) is 0 Å². The summed E-state index contributed by atoms with van der Waals surface area (Å²) in [5.74, 6) is -0.338. The van der Waals surface area contributed by atoms with Crippen LogP contribution in [0.15, 0.2) is 84.9 Å². The molecular formula is C24H20ClN3O3S. The van der Waals surface area contributed by atoms with E-state index in [2.05, 4.69) is 16.2 Å². The summed E-state index contributed by atoms with van der Waals surface area (Å²) in [4.78, 5) is 23.8. The monoisotopic (exact) mass is 465 g/mol. The van der Waals surface area contributed by atoms with Gasteiger partial charge in [-0.25, -0.2) is 0 Å². The SMILES string of the molecule is O=C(/C=C/c1ccc(Cl)cc1)NC(=S)NNC(=O)COc1ccc(-c2ccccc2)cc1. The van der Waals surface area contributed by atoms with E-state index < -0.39 is 11.8 Å². The normalized spacial score (nSPS) is 10.4. The highest BCUT2D eigenvalue weighted by atomic mass is 35.5. The molecule has 0 atom stereocenters. The van der Waals surface area contributed by atoms with E-state index in [9.17, 15) is 9.59 Å². The number of halogens is 1. The fraction of sp³-hybridized carbons (Fsp3) is 0.0417. The Morgan fingerprint density at radius 1 is 0.875 bits per heavy atom. The first kappa shape index (κ1) is 23.0. The minimum absolute atomic E-state index is 0.0451. The van der Waals surface area contributed by atoms with Crippen LogP contribution in [0.25, 0.3) is 17.2 Å². The number of benzene rings is 3. The molecule has 2 amide bonds. The maximum absolute atomic E-state index is 11.9. The molecule has 0 aromatic heterocycles. The first-order valence-electron chi connectivity index (χ1n) is 9.61. The zero-order valence-electron chi connectivity index (χ0n) is 16.9. The van der Waals surface area contributed by atoms with Crippen LogP contribution in [0.4, 0.5) is 0 Å². The summed E-state index contributed by atoms with van der Waals surface area (Å²) in [7, 11) is 0. The molecule has 0 saturated heterocycles. The van der Waals surface area contributed by atoms with E-state index in [1.54, 1.807) is 42.5 Å². The molecule has 0 spiro atoms. The predicted molar refractivity (Wildman–Crippen MR) is 130 cm³/mol. The van der Waals surface area contributed by atoms with Gasteiger partial charge in [-0.2, -0.15) is 0 Å². The second kappa shape index (κ2) is 11.6. The number of thiocarbonyl (C=S) groups is 1. The maximum Gasteiger partial charge on any atom is 0.276 e. The Labute approximate surface area is 196 Å². The predicted octanol–water partition coefficient (Wildman–Crippen LogP) is 4.12. The average molecular weight is 466 g/mol. The zero-order chi connectivity index (χ0) is 22.8. The molecule has 3 rings (SSSR count). The van der Waals surface area contributed by atoms with Gasteiger partial charge in [-0.3, -0.25) is 25.8 Å². The van der Waals surface area contributed by atoms with Gasteiger partial charge in [0.25, 0.3) is 5.91 Å². The summed E-state index contributed by atoms with van der Waals surface area (Å²) in [6.07, 6.45) is 2.94. The number of hydrogen-bond acceptors (Lipinski definition) is 4. The summed E-state index contributed by atoms with van der Waals surface area (Å²) < 4.78 is 5.46. The van der Waals surface area contributed by atoms with E-state index in [0.29, 0.717) is 10.8 Å². The number of ether oxygens (including phenoxy) is 1. The number of rotatable bonds is 6.